The number of aromatic carboxylic acids is 4. The number of rotatable bonds is 6. The standard InChI is InChI=1S/C21H13NO8/c23-18(24)10-1-3-14(20(27)28)16(6-10)12-5-13(9-22-8-12)17-7-11(19(25)26)2-4-15(17)21(29)30/h1-9H,(H,23,24)(H,25,26)(H,27,28)(H,29,30). The van der Waals surface area contributed by atoms with Crippen LogP contribution in [-0.2, 0) is 0 Å². The van der Waals surface area contributed by atoms with Crippen molar-refractivity contribution in [1.29, 1.82) is 0 Å². The van der Waals surface area contributed by atoms with Crippen LogP contribution < -0.4 is 0 Å². The van der Waals surface area contributed by atoms with Gasteiger partial charge < -0.3 is 20.4 Å². The predicted octanol–water partition coefficient (Wildman–Crippen LogP) is 3.21. The summed E-state index contributed by atoms with van der Waals surface area (Å²) in [6.45, 7) is 0. The first-order valence-electron chi connectivity index (χ1n) is 8.36. The molecule has 0 saturated heterocycles. The van der Waals surface area contributed by atoms with E-state index in [1.807, 2.05) is 0 Å². The van der Waals surface area contributed by atoms with E-state index < -0.39 is 23.9 Å². The van der Waals surface area contributed by atoms with E-state index >= 15 is 0 Å². The van der Waals surface area contributed by atoms with Gasteiger partial charge in [0.2, 0.25) is 0 Å². The lowest BCUT2D eigenvalue weighted by atomic mass is 9.94. The number of hydrogen-bond donors (Lipinski definition) is 4. The van der Waals surface area contributed by atoms with E-state index in [2.05, 4.69) is 4.98 Å². The number of nitrogens with zero attached hydrogens (tertiary/aromatic N) is 1. The van der Waals surface area contributed by atoms with Crippen LogP contribution in [0.4, 0.5) is 0 Å². The molecule has 0 bridgehead atoms. The third kappa shape index (κ3) is 3.85. The maximum Gasteiger partial charge on any atom is 0.336 e. The van der Waals surface area contributed by atoms with Crippen LogP contribution in [0.2, 0.25) is 0 Å². The molecule has 0 unspecified atom stereocenters. The second-order valence-electron chi connectivity index (χ2n) is 6.20. The first-order valence-corrected chi connectivity index (χ1v) is 8.36. The van der Waals surface area contributed by atoms with Crippen LogP contribution in [0.25, 0.3) is 22.3 Å². The van der Waals surface area contributed by atoms with Gasteiger partial charge in [0.15, 0.2) is 0 Å². The van der Waals surface area contributed by atoms with Gasteiger partial charge in [-0.25, -0.2) is 19.2 Å². The molecule has 0 fully saturated rings. The molecule has 9 nitrogen and oxygen atoms in total. The molecule has 2 aromatic carbocycles. The van der Waals surface area contributed by atoms with Gasteiger partial charge in [0.25, 0.3) is 0 Å². The molecule has 0 atom stereocenters. The highest BCUT2D eigenvalue weighted by Gasteiger charge is 2.18. The zero-order valence-corrected chi connectivity index (χ0v) is 15.1. The van der Waals surface area contributed by atoms with Crippen LogP contribution in [0.1, 0.15) is 41.4 Å². The molecule has 150 valence electrons. The predicted molar refractivity (Wildman–Crippen MR) is 103 cm³/mol. The fourth-order valence-corrected chi connectivity index (χ4v) is 2.94. The Morgan fingerprint density at radius 2 is 0.967 bits per heavy atom. The molecule has 0 amide bonds. The van der Waals surface area contributed by atoms with E-state index in [9.17, 15) is 39.6 Å². The molecule has 30 heavy (non-hydrogen) atoms. The molecular weight excluding hydrogens is 394 g/mol. The van der Waals surface area contributed by atoms with Crippen molar-refractivity contribution >= 4 is 23.9 Å². The fourth-order valence-electron chi connectivity index (χ4n) is 2.94. The Labute approximate surface area is 168 Å². The zero-order chi connectivity index (χ0) is 22.0. The van der Waals surface area contributed by atoms with E-state index in [1.165, 1.54) is 30.6 Å². The third-order valence-electron chi connectivity index (χ3n) is 4.35. The molecule has 1 aromatic heterocycles. The molecule has 1 heterocycles. The summed E-state index contributed by atoms with van der Waals surface area (Å²) in [7, 11) is 0. The lowest BCUT2D eigenvalue weighted by Gasteiger charge is -2.11. The molecule has 4 N–H and O–H groups in total. The average Bonchev–Trinajstić information content (AvgIpc) is 2.72. The largest absolute Gasteiger partial charge is 0.478 e. The fraction of sp³-hybridized carbons (Fsp3) is 0. The van der Waals surface area contributed by atoms with Crippen molar-refractivity contribution in [2.75, 3.05) is 0 Å². The van der Waals surface area contributed by atoms with Crippen LogP contribution in [0.15, 0.2) is 54.9 Å². The number of carboxylic acid groups (broad SMARTS) is 4. The minimum atomic E-state index is -1.29. The molecule has 0 aliphatic carbocycles. The van der Waals surface area contributed by atoms with Crippen molar-refractivity contribution in [3.63, 3.8) is 0 Å². The third-order valence-corrected chi connectivity index (χ3v) is 4.35. The van der Waals surface area contributed by atoms with Crippen LogP contribution in [0.3, 0.4) is 0 Å². The van der Waals surface area contributed by atoms with Crippen LogP contribution >= 0.6 is 0 Å². The SMILES string of the molecule is O=C(O)c1ccc(C(=O)O)c(-c2cncc(-c3cc(C(=O)O)ccc3C(=O)O)c2)c1. The first kappa shape index (κ1) is 20.2. The second-order valence-corrected chi connectivity index (χ2v) is 6.20. The lowest BCUT2D eigenvalue weighted by Crippen LogP contribution is -2.05. The Kier molecular flexibility index (Phi) is 5.28. The van der Waals surface area contributed by atoms with Crippen LogP contribution in [0, 0.1) is 0 Å². The van der Waals surface area contributed by atoms with Crippen molar-refractivity contribution in [2.24, 2.45) is 0 Å². The highest BCUT2D eigenvalue weighted by atomic mass is 16.4. The molecule has 0 spiro atoms. The first-order chi connectivity index (χ1) is 14.2. The smallest absolute Gasteiger partial charge is 0.336 e. The molecule has 0 saturated carbocycles. The van der Waals surface area contributed by atoms with Crippen LogP contribution in [0.5, 0.6) is 0 Å². The van der Waals surface area contributed by atoms with E-state index in [0.29, 0.717) is 0 Å². The molecule has 0 radical (unpaired) electrons. The normalized spacial score (nSPS) is 10.4. The van der Waals surface area contributed by atoms with Crippen molar-refractivity contribution in [3.8, 4) is 22.3 Å². The van der Waals surface area contributed by atoms with Crippen LogP contribution in [-0.4, -0.2) is 49.3 Å². The Bertz CT molecular complexity index is 1120. The highest BCUT2D eigenvalue weighted by Crippen LogP contribution is 2.31. The number of carbonyl (C=O) groups is 4. The zero-order valence-electron chi connectivity index (χ0n) is 15.1. The summed E-state index contributed by atoms with van der Waals surface area (Å²) in [4.78, 5) is 49.8. The number of benzene rings is 2. The van der Waals surface area contributed by atoms with E-state index in [1.54, 1.807) is 0 Å². The topological polar surface area (TPSA) is 162 Å². The van der Waals surface area contributed by atoms with E-state index in [4.69, 9.17) is 0 Å². The lowest BCUT2D eigenvalue weighted by molar-refractivity contribution is 0.0682. The summed E-state index contributed by atoms with van der Waals surface area (Å²) in [6.07, 6.45) is 2.61. The summed E-state index contributed by atoms with van der Waals surface area (Å²) in [5.74, 6) is -5.07. The highest BCUT2D eigenvalue weighted by molar-refractivity contribution is 6.01. The number of pyridine rings is 1. The second kappa shape index (κ2) is 7.84. The van der Waals surface area contributed by atoms with Gasteiger partial charge >= 0.3 is 23.9 Å². The van der Waals surface area contributed by atoms with Gasteiger partial charge in [-0.15, -0.1) is 0 Å². The number of hydrogen-bond acceptors (Lipinski definition) is 5. The average molecular weight is 407 g/mol. The van der Waals surface area contributed by atoms with Gasteiger partial charge in [0.1, 0.15) is 0 Å². The molecule has 0 aliphatic heterocycles. The Hall–Kier alpha value is -4.53. The minimum Gasteiger partial charge on any atom is -0.478 e. The quantitative estimate of drug-likeness (QED) is 0.480. The minimum absolute atomic E-state index is 0.0722. The van der Waals surface area contributed by atoms with Gasteiger partial charge in [-0.05, 0) is 53.6 Å². The van der Waals surface area contributed by atoms with E-state index in [0.717, 1.165) is 24.3 Å². The maximum absolute atomic E-state index is 11.6. The molecule has 9 heteroatoms. The summed E-state index contributed by atoms with van der Waals surface area (Å²) in [5, 5.41) is 37.3. The monoisotopic (exact) mass is 407 g/mol. The summed E-state index contributed by atoms with van der Waals surface area (Å²) < 4.78 is 0. The number of carboxylic acids is 4. The van der Waals surface area contributed by atoms with Crippen molar-refractivity contribution in [2.45, 2.75) is 0 Å². The summed E-state index contributed by atoms with van der Waals surface area (Å²) in [6, 6.07) is 8.41. The molecule has 3 aromatic rings. The van der Waals surface area contributed by atoms with Gasteiger partial charge in [-0.3, -0.25) is 4.98 Å². The Morgan fingerprint density at radius 3 is 1.30 bits per heavy atom. The molecular formula is C21H13NO8. The van der Waals surface area contributed by atoms with E-state index in [-0.39, 0.29) is 44.5 Å². The summed E-state index contributed by atoms with van der Waals surface area (Å²) >= 11 is 0. The summed E-state index contributed by atoms with van der Waals surface area (Å²) in [5.41, 5.74) is -0.0199. The van der Waals surface area contributed by atoms with Crippen molar-refractivity contribution < 1.29 is 39.6 Å². The Balaban J connectivity index is 2.24. The number of aromatic nitrogens is 1. The van der Waals surface area contributed by atoms with Gasteiger partial charge in [-0.1, -0.05) is 0 Å². The van der Waals surface area contributed by atoms with Gasteiger partial charge in [0, 0.05) is 23.5 Å². The maximum atomic E-state index is 11.6. The molecule has 0 aliphatic rings. The van der Waals surface area contributed by atoms with Gasteiger partial charge in [0.05, 0.1) is 22.3 Å². The van der Waals surface area contributed by atoms with Crippen molar-refractivity contribution in [3.05, 3.63) is 77.1 Å². The Morgan fingerprint density at radius 1 is 0.567 bits per heavy atom. The molecule has 3 rings (SSSR count). The van der Waals surface area contributed by atoms with Crippen molar-refractivity contribution in [1.82, 2.24) is 4.98 Å². The van der Waals surface area contributed by atoms with Gasteiger partial charge in [-0.2, -0.15) is 0 Å².